The molecule has 0 aliphatic rings. The molecule has 6 heteroatoms. The van der Waals surface area contributed by atoms with E-state index in [-0.39, 0.29) is 6.10 Å². The van der Waals surface area contributed by atoms with Gasteiger partial charge < -0.3 is 19.2 Å². The largest absolute Gasteiger partial charge is 0.452 e. The molecule has 1 atom stereocenters. The number of hydrogen-bond acceptors (Lipinski definition) is 4. The molecule has 0 spiro atoms. The Kier molecular flexibility index (Phi) is 6.60. The first-order valence-electron chi connectivity index (χ1n) is 4.83. The molecule has 0 fully saturated rings. The van der Waals surface area contributed by atoms with Crippen LogP contribution in [0.3, 0.4) is 0 Å². The number of hydrogen-bond donors (Lipinski definition) is 1. The number of ether oxygens (including phenoxy) is 2. The Morgan fingerprint density at radius 3 is 2.69 bits per heavy atom. The van der Waals surface area contributed by atoms with Crippen LogP contribution in [0.2, 0.25) is 0 Å². The zero-order valence-electron chi connectivity index (χ0n) is 9.26. The molecule has 1 heterocycles. The van der Waals surface area contributed by atoms with Gasteiger partial charge in [0.2, 0.25) is 0 Å². The monoisotopic (exact) mass is 355 g/mol. The molecule has 0 amide bonds. The third kappa shape index (κ3) is 4.55. The quantitative estimate of drug-likeness (QED) is 0.815. The van der Waals surface area contributed by atoms with Crippen LogP contribution in [-0.2, 0) is 16.0 Å². The highest BCUT2D eigenvalue weighted by Crippen LogP contribution is 2.26. The average molecular weight is 357 g/mol. The minimum Gasteiger partial charge on any atom is -0.452 e. The fourth-order valence-corrected chi connectivity index (χ4v) is 1.89. The second kappa shape index (κ2) is 7.45. The zero-order valence-corrected chi connectivity index (χ0v) is 12.4. The van der Waals surface area contributed by atoms with Gasteiger partial charge in [-0.2, -0.15) is 0 Å². The lowest BCUT2D eigenvalue weighted by molar-refractivity contribution is 0.0285. The average Bonchev–Trinajstić information content (AvgIpc) is 2.57. The van der Waals surface area contributed by atoms with E-state index in [0.717, 1.165) is 16.8 Å². The number of halogens is 2. The molecule has 16 heavy (non-hydrogen) atoms. The molecule has 1 rings (SSSR count). The van der Waals surface area contributed by atoms with E-state index in [2.05, 4.69) is 37.2 Å². The van der Waals surface area contributed by atoms with Crippen LogP contribution >= 0.6 is 31.9 Å². The topological polar surface area (TPSA) is 43.6 Å². The van der Waals surface area contributed by atoms with Gasteiger partial charge in [-0.1, -0.05) is 0 Å². The zero-order chi connectivity index (χ0) is 12.0. The molecule has 1 unspecified atom stereocenters. The summed E-state index contributed by atoms with van der Waals surface area (Å²) >= 11 is 6.65. The van der Waals surface area contributed by atoms with Crippen molar-refractivity contribution < 1.29 is 13.9 Å². The summed E-state index contributed by atoms with van der Waals surface area (Å²) in [6.45, 7) is 1.96. The van der Waals surface area contributed by atoms with Gasteiger partial charge in [-0.25, -0.2) is 0 Å². The van der Waals surface area contributed by atoms with E-state index in [1.54, 1.807) is 14.2 Å². The molecule has 0 saturated heterocycles. The minimum absolute atomic E-state index is 0.0619. The summed E-state index contributed by atoms with van der Waals surface area (Å²) in [6, 6.07) is 1.93. The third-order valence-corrected chi connectivity index (χ3v) is 3.76. The molecule has 0 aromatic carbocycles. The van der Waals surface area contributed by atoms with Crippen molar-refractivity contribution >= 4 is 31.9 Å². The molecular formula is C10H15Br2NO3. The van der Waals surface area contributed by atoms with Crippen molar-refractivity contribution in [2.75, 3.05) is 27.4 Å². The molecule has 0 saturated carbocycles. The van der Waals surface area contributed by atoms with E-state index < -0.39 is 0 Å². The molecule has 4 nitrogen and oxygen atoms in total. The summed E-state index contributed by atoms with van der Waals surface area (Å²) in [7, 11) is 3.33. The minimum atomic E-state index is 0.0619. The van der Waals surface area contributed by atoms with Crippen LogP contribution in [0.1, 0.15) is 5.76 Å². The maximum atomic E-state index is 5.42. The highest BCUT2D eigenvalue weighted by molar-refractivity contribution is 9.13. The van der Waals surface area contributed by atoms with Crippen LogP contribution in [0, 0.1) is 0 Å². The van der Waals surface area contributed by atoms with Crippen LogP contribution < -0.4 is 5.32 Å². The van der Waals surface area contributed by atoms with Gasteiger partial charge in [0.05, 0.1) is 23.7 Å². The number of methoxy groups -OCH3 is 2. The van der Waals surface area contributed by atoms with E-state index in [1.165, 1.54) is 0 Å². The van der Waals surface area contributed by atoms with Crippen molar-refractivity contribution in [2.45, 2.75) is 12.6 Å². The first-order chi connectivity index (χ1) is 7.67. The first kappa shape index (κ1) is 14.2. The molecule has 0 radical (unpaired) electrons. The van der Waals surface area contributed by atoms with Gasteiger partial charge in [-0.05, 0) is 37.9 Å². The van der Waals surface area contributed by atoms with E-state index in [1.807, 2.05) is 6.07 Å². The van der Waals surface area contributed by atoms with Crippen molar-refractivity contribution in [1.29, 1.82) is 0 Å². The van der Waals surface area contributed by atoms with E-state index >= 15 is 0 Å². The van der Waals surface area contributed by atoms with Gasteiger partial charge in [0, 0.05) is 20.8 Å². The fourth-order valence-electron chi connectivity index (χ4n) is 1.23. The highest BCUT2D eigenvalue weighted by atomic mass is 79.9. The third-order valence-electron chi connectivity index (χ3n) is 2.05. The van der Waals surface area contributed by atoms with Crippen molar-refractivity contribution in [2.24, 2.45) is 0 Å². The first-order valence-corrected chi connectivity index (χ1v) is 6.42. The molecule has 1 aromatic rings. The number of nitrogens with one attached hydrogen (secondary N) is 1. The van der Waals surface area contributed by atoms with Crippen LogP contribution in [0.15, 0.2) is 19.6 Å². The lowest BCUT2D eigenvalue weighted by atomic mass is 10.3. The van der Waals surface area contributed by atoms with E-state index in [0.29, 0.717) is 17.8 Å². The summed E-state index contributed by atoms with van der Waals surface area (Å²) in [5, 5.41) is 3.24. The predicted molar refractivity (Wildman–Crippen MR) is 68.5 cm³/mol. The molecule has 0 aliphatic heterocycles. The SMILES string of the molecule is COCC(CNCc1cc(Br)c(Br)o1)OC. The van der Waals surface area contributed by atoms with Crippen molar-refractivity contribution in [3.63, 3.8) is 0 Å². The summed E-state index contributed by atoms with van der Waals surface area (Å²) in [6.07, 6.45) is 0.0619. The molecular weight excluding hydrogens is 342 g/mol. The smallest absolute Gasteiger partial charge is 0.183 e. The lowest BCUT2D eigenvalue weighted by Crippen LogP contribution is -2.31. The Morgan fingerprint density at radius 2 is 2.19 bits per heavy atom. The van der Waals surface area contributed by atoms with Gasteiger partial charge in [0.15, 0.2) is 4.67 Å². The number of rotatable bonds is 7. The van der Waals surface area contributed by atoms with Crippen LogP contribution in [0.25, 0.3) is 0 Å². The summed E-state index contributed by atoms with van der Waals surface area (Å²) in [5.74, 6) is 0.867. The van der Waals surface area contributed by atoms with E-state index in [4.69, 9.17) is 13.9 Å². The Labute approximate surface area is 112 Å². The molecule has 1 aromatic heterocycles. The maximum absolute atomic E-state index is 5.42. The Bertz CT molecular complexity index is 298. The standard InChI is InChI=1S/C10H15Br2NO3/c1-14-6-8(15-2)5-13-4-7-3-9(11)10(12)16-7/h3,8,13H,4-6H2,1-2H3. The van der Waals surface area contributed by atoms with Crippen molar-refractivity contribution in [3.8, 4) is 0 Å². The normalized spacial score (nSPS) is 13.0. The highest BCUT2D eigenvalue weighted by Gasteiger charge is 2.08. The molecule has 0 aliphatic carbocycles. The van der Waals surface area contributed by atoms with Crippen molar-refractivity contribution in [1.82, 2.24) is 5.32 Å². The van der Waals surface area contributed by atoms with Crippen molar-refractivity contribution in [3.05, 3.63) is 21.0 Å². The fraction of sp³-hybridized carbons (Fsp3) is 0.600. The van der Waals surface area contributed by atoms with Crippen LogP contribution in [0.4, 0.5) is 0 Å². The van der Waals surface area contributed by atoms with Crippen LogP contribution in [0.5, 0.6) is 0 Å². The Hall–Kier alpha value is 0.120. The molecule has 92 valence electrons. The molecule has 1 N–H and O–H groups in total. The second-order valence-electron chi connectivity index (χ2n) is 3.28. The van der Waals surface area contributed by atoms with Gasteiger partial charge in [-0.15, -0.1) is 0 Å². The Morgan fingerprint density at radius 1 is 1.44 bits per heavy atom. The lowest BCUT2D eigenvalue weighted by Gasteiger charge is -2.14. The van der Waals surface area contributed by atoms with Crippen LogP contribution in [-0.4, -0.2) is 33.5 Å². The summed E-state index contributed by atoms with van der Waals surface area (Å²) in [5.41, 5.74) is 0. The molecule has 0 bridgehead atoms. The van der Waals surface area contributed by atoms with Gasteiger partial charge in [0.1, 0.15) is 5.76 Å². The van der Waals surface area contributed by atoms with Gasteiger partial charge in [-0.3, -0.25) is 0 Å². The summed E-state index contributed by atoms with van der Waals surface area (Å²) < 4.78 is 17.3. The second-order valence-corrected chi connectivity index (χ2v) is 4.85. The maximum Gasteiger partial charge on any atom is 0.183 e. The van der Waals surface area contributed by atoms with Gasteiger partial charge >= 0.3 is 0 Å². The van der Waals surface area contributed by atoms with Gasteiger partial charge in [0.25, 0.3) is 0 Å². The number of furan rings is 1. The Balaban J connectivity index is 2.29. The van der Waals surface area contributed by atoms with E-state index in [9.17, 15) is 0 Å². The predicted octanol–water partition coefficient (Wildman–Crippen LogP) is 2.56. The summed E-state index contributed by atoms with van der Waals surface area (Å²) in [4.78, 5) is 0.